The average Bonchev–Trinajstić information content (AvgIpc) is 2.56. The Morgan fingerprint density at radius 3 is 3.07 bits per heavy atom. The van der Waals surface area contributed by atoms with Crippen LogP contribution in [0.25, 0.3) is 5.78 Å². The van der Waals surface area contributed by atoms with Gasteiger partial charge in [0.2, 0.25) is 5.78 Å². The van der Waals surface area contributed by atoms with Crippen LogP contribution >= 0.6 is 0 Å². The van der Waals surface area contributed by atoms with Gasteiger partial charge in [-0.3, -0.25) is 4.40 Å². The second-order valence-corrected chi connectivity index (χ2v) is 2.52. The van der Waals surface area contributed by atoms with E-state index in [1.54, 1.807) is 18.3 Å². The number of fused-ring (bicyclic) bond motifs is 1. The molecule has 0 spiro atoms. The first-order valence-corrected chi connectivity index (χ1v) is 3.70. The third kappa shape index (κ3) is 0.998. The first-order valence-electron chi connectivity index (χ1n) is 3.70. The molecule has 2 rings (SSSR count). The number of aromatic carboxylic acids is 1. The molecule has 0 saturated carbocycles. The third-order valence-corrected chi connectivity index (χ3v) is 1.71. The maximum Gasteiger partial charge on any atom is 0.357 e. The summed E-state index contributed by atoms with van der Waals surface area (Å²) in [6.07, 6.45) is 3.02. The number of carbonyl (C=O) groups is 1. The van der Waals surface area contributed by atoms with Crippen LogP contribution in [0, 0.1) is 11.3 Å². The van der Waals surface area contributed by atoms with Gasteiger partial charge in [0, 0.05) is 12.4 Å². The number of carboxylic acid groups (broad SMARTS) is 1. The minimum absolute atomic E-state index is 0.0133. The minimum atomic E-state index is -1.23. The van der Waals surface area contributed by atoms with Gasteiger partial charge in [-0.05, 0) is 6.07 Å². The number of rotatable bonds is 1. The van der Waals surface area contributed by atoms with Crippen molar-refractivity contribution in [2.75, 3.05) is 0 Å². The highest BCUT2D eigenvalue weighted by Gasteiger charge is 2.17. The number of nitrogens with zero attached hydrogens (tertiary/aromatic N) is 4. The van der Waals surface area contributed by atoms with Crippen LogP contribution in [0.3, 0.4) is 0 Å². The van der Waals surface area contributed by atoms with E-state index in [0.29, 0.717) is 0 Å². The van der Waals surface area contributed by atoms with Gasteiger partial charge in [-0.15, -0.1) is 0 Å². The second-order valence-electron chi connectivity index (χ2n) is 2.52. The zero-order valence-corrected chi connectivity index (χ0v) is 6.88. The molecule has 0 aromatic carbocycles. The summed E-state index contributed by atoms with van der Waals surface area (Å²) < 4.78 is 1.34. The molecule has 6 heteroatoms. The van der Waals surface area contributed by atoms with Crippen LogP contribution < -0.4 is 0 Å². The van der Waals surface area contributed by atoms with Crippen molar-refractivity contribution in [3.05, 3.63) is 29.8 Å². The predicted octanol–water partition coefficient (Wildman–Crippen LogP) is 0.299. The lowest BCUT2D eigenvalue weighted by Crippen LogP contribution is -2.00. The van der Waals surface area contributed by atoms with Crippen molar-refractivity contribution in [3.63, 3.8) is 0 Å². The molecule has 0 atom stereocenters. The fourth-order valence-electron chi connectivity index (χ4n) is 1.14. The SMILES string of the molecule is N#Cc1c(C(=O)O)nc2ncccn12. The summed E-state index contributed by atoms with van der Waals surface area (Å²) >= 11 is 0. The molecule has 14 heavy (non-hydrogen) atoms. The lowest BCUT2D eigenvalue weighted by molar-refractivity contribution is 0.0691. The summed E-state index contributed by atoms with van der Waals surface area (Å²) in [5.41, 5.74) is -0.285. The molecule has 0 radical (unpaired) electrons. The largest absolute Gasteiger partial charge is 0.476 e. The molecule has 0 aliphatic rings. The number of nitriles is 1. The van der Waals surface area contributed by atoms with Gasteiger partial charge in [0.15, 0.2) is 11.4 Å². The lowest BCUT2D eigenvalue weighted by Gasteiger charge is -1.90. The monoisotopic (exact) mass is 188 g/mol. The summed E-state index contributed by atoms with van der Waals surface area (Å²) in [6, 6.07) is 3.38. The predicted molar refractivity (Wildman–Crippen MR) is 44.7 cm³/mol. The number of carboxylic acids is 1. The summed E-state index contributed by atoms with van der Waals surface area (Å²) in [7, 11) is 0. The Morgan fingerprint density at radius 1 is 1.64 bits per heavy atom. The second kappa shape index (κ2) is 2.81. The van der Waals surface area contributed by atoms with E-state index in [4.69, 9.17) is 10.4 Å². The van der Waals surface area contributed by atoms with Crippen molar-refractivity contribution in [3.8, 4) is 6.07 Å². The maximum absolute atomic E-state index is 10.7. The lowest BCUT2D eigenvalue weighted by atomic mass is 10.3. The van der Waals surface area contributed by atoms with Gasteiger partial charge in [-0.1, -0.05) is 0 Å². The highest BCUT2D eigenvalue weighted by Crippen LogP contribution is 2.09. The van der Waals surface area contributed by atoms with Crippen LogP contribution in [0.15, 0.2) is 18.5 Å². The Kier molecular flexibility index (Phi) is 1.65. The van der Waals surface area contributed by atoms with Crippen LogP contribution in [-0.2, 0) is 0 Å². The zero-order valence-electron chi connectivity index (χ0n) is 6.88. The Bertz CT molecular complexity index is 552. The summed E-state index contributed by atoms with van der Waals surface area (Å²) in [5.74, 6) is -1.02. The van der Waals surface area contributed by atoms with E-state index in [9.17, 15) is 4.79 Å². The van der Waals surface area contributed by atoms with Gasteiger partial charge in [0.1, 0.15) is 6.07 Å². The number of aromatic nitrogens is 3. The van der Waals surface area contributed by atoms with Gasteiger partial charge >= 0.3 is 5.97 Å². The minimum Gasteiger partial charge on any atom is -0.476 e. The highest BCUT2D eigenvalue weighted by molar-refractivity contribution is 5.88. The Morgan fingerprint density at radius 2 is 2.43 bits per heavy atom. The molecule has 1 N–H and O–H groups in total. The first-order chi connectivity index (χ1) is 6.74. The molecule has 2 heterocycles. The molecule has 0 aliphatic heterocycles. The third-order valence-electron chi connectivity index (χ3n) is 1.71. The van der Waals surface area contributed by atoms with Crippen molar-refractivity contribution in [2.24, 2.45) is 0 Å². The van der Waals surface area contributed by atoms with Crippen LogP contribution in [0.1, 0.15) is 16.2 Å². The summed E-state index contributed by atoms with van der Waals surface area (Å²) in [4.78, 5) is 18.2. The smallest absolute Gasteiger partial charge is 0.357 e. The van der Waals surface area contributed by atoms with Crippen molar-refractivity contribution < 1.29 is 9.90 Å². The molecular formula is C8H4N4O2. The Labute approximate surface area is 78.1 Å². The topological polar surface area (TPSA) is 91.3 Å². The maximum atomic E-state index is 10.7. The van der Waals surface area contributed by atoms with Gasteiger partial charge in [0.05, 0.1) is 0 Å². The van der Waals surface area contributed by atoms with Crippen LogP contribution in [-0.4, -0.2) is 25.4 Å². The molecule has 0 fully saturated rings. The van der Waals surface area contributed by atoms with E-state index in [1.807, 2.05) is 0 Å². The van der Waals surface area contributed by atoms with E-state index >= 15 is 0 Å². The number of imidazole rings is 1. The first kappa shape index (κ1) is 8.19. The van der Waals surface area contributed by atoms with Crippen LogP contribution in [0.4, 0.5) is 0 Å². The van der Waals surface area contributed by atoms with Gasteiger partial charge in [-0.25, -0.2) is 14.8 Å². The molecular weight excluding hydrogens is 184 g/mol. The molecule has 0 aliphatic carbocycles. The fourth-order valence-corrected chi connectivity index (χ4v) is 1.14. The number of hydrogen-bond acceptors (Lipinski definition) is 4. The normalized spacial score (nSPS) is 9.93. The molecule has 0 bridgehead atoms. The van der Waals surface area contributed by atoms with Crippen molar-refractivity contribution >= 4 is 11.7 Å². The highest BCUT2D eigenvalue weighted by atomic mass is 16.4. The standard InChI is InChI=1S/C8H4N4O2/c9-4-5-6(7(13)14)11-8-10-2-1-3-12(5)8/h1-3H,(H,13,14). The molecule has 2 aromatic heterocycles. The summed E-state index contributed by atoms with van der Waals surface area (Å²) in [6.45, 7) is 0. The van der Waals surface area contributed by atoms with E-state index in [-0.39, 0.29) is 17.2 Å². The Hall–Kier alpha value is -2.42. The Balaban J connectivity index is 2.87. The quantitative estimate of drug-likeness (QED) is 0.694. The van der Waals surface area contributed by atoms with Gasteiger partial charge in [0.25, 0.3) is 0 Å². The average molecular weight is 188 g/mol. The van der Waals surface area contributed by atoms with E-state index in [0.717, 1.165) is 0 Å². The number of hydrogen-bond donors (Lipinski definition) is 1. The van der Waals surface area contributed by atoms with Crippen molar-refractivity contribution in [1.29, 1.82) is 5.26 Å². The molecule has 6 nitrogen and oxygen atoms in total. The van der Waals surface area contributed by atoms with Crippen LogP contribution in [0.5, 0.6) is 0 Å². The zero-order chi connectivity index (χ0) is 10.1. The van der Waals surface area contributed by atoms with Crippen molar-refractivity contribution in [1.82, 2.24) is 14.4 Å². The fraction of sp³-hybridized carbons (Fsp3) is 0. The summed E-state index contributed by atoms with van der Waals surface area (Å²) in [5, 5.41) is 17.5. The molecule has 2 aromatic rings. The van der Waals surface area contributed by atoms with Crippen LogP contribution in [0.2, 0.25) is 0 Å². The van der Waals surface area contributed by atoms with Crippen molar-refractivity contribution in [2.45, 2.75) is 0 Å². The van der Waals surface area contributed by atoms with E-state index in [2.05, 4.69) is 9.97 Å². The molecule has 0 amide bonds. The van der Waals surface area contributed by atoms with Gasteiger partial charge in [-0.2, -0.15) is 5.26 Å². The van der Waals surface area contributed by atoms with E-state index in [1.165, 1.54) is 10.6 Å². The molecule has 0 saturated heterocycles. The van der Waals surface area contributed by atoms with E-state index < -0.39 is 5.97 Å². The molecule has 68 valence electrons. The molecule has 0 unspecified atom stereocenters. The van der Waals surface area contributed by atoms with Gasteiger partial charge < -0.3 is 5.11 Å².